The van der Waals surface area contributed by atoms with Crippen LogP contribution < -0.4 is 16.4 Å². The molecule has 1 saturated heterocycles. The molecule has 7 heteroatoms. The summed E-state index contributed by atoms with van der Waals surface area (Å²) in [5.74, 6) is 1.19. The van der Waals surface area contributed by atoms with E-state index in [1.165, 1.54) is 6.33 Å². The Morgan fingerprint density at radius 3 is 2.92 bits per heavy atom. The number of nitrogens with zero attached hydrogens (tertiary/aromatic N) is 3. The Morgan fingerprint density at radius 2 is 2.04 bits per heavy atom. The maximum absolute atomic E-state index is 6.25. The van der Waals surface area contributed by atoms with E-state index in [2.05, 4.69) is 25.6 Å². The molecule has 4 rings (SSSR count). The molecule has 2 aromatic heterocycles. The zero-order chi connectivity index (χ0) is 17.1. The molecular weight excluding hydrogens is 316 g/mol. The number of benzene rings is 1. The number of fused-ring (bicyclic) bond motifs is 1. The lowest BCUT2D eigenvalue weighted by Crippen LogP contribution is -2.20. The van der Waals surface area contributed by atoms with E-state index in [1.807, 2.05) is 30.3 Å². The fraction of sp³-hybridized carbons (Fsp3) is 0.278. The van der Waals surface area contributed by atoms with Gasteiger partial charge in [-0.1, -0.05) is 6.07 Å². The summed E-state index contributed by atoms with van der Waals surface area (Å²) in [5, 5.41) is 7.57. The summed E-state index contributed by atoms with van der Waals surface area (Å²) in [6.45, 7) is 1.52. The normalized spacial score (nSPS) is 16.9. The molecule has 0 saturated carbocycles. The van der Waals surface area contributed by atoms with Crippen molar-refractivity contribution in [2.24, 2.45) is 0 Å². The first-order valence-electron chi connectivity index (χ1n) is 8.38. The molecule has 0 amide bonds. The third-order valence-electron chi connectivity index (χ3n) is 4.30. The molecule has 1 fully saturated rings. The minimum atomic E-state index is 0.218. The highest BCUT2D eigenvalue weighted by Crippen LogP contribution is 2.29. The topological polar surface area (TPSA) is 98.0 Å². The van der Waals surface area contributed by atoms with Gasteiger partial charge in [-0.2, -0.15) is 0 Å². The minimum Gasteiger partial charge on any atom is -0.393 e. The number of rotatable bonds is 5. The van der Waals surface area contributed by atoms with Crippen LogP contribution >= 0.6 is 0 Å². The van der Waals surface area contributed by atoms with Crippen LogP contribution in [0.5, 0.6) is 0 Å². The number of aromatic nitrogens is 3. The molecule has 25 heavy (non-hydrogen) atoms. The largest absolute Gasteiger partial charge is 0.393 e. The minimum absolute atomic E-state index is 0.218. The third kappa shape index (κ3) is 3.32. The Bertz CT molecular complexity index is 873. The van der Waals surface area contributed by atoms with Crippen LogP contribution in [0.1, 0.15) is 12.8 Å². The highest BCUT2D eigenvalue weighted by atomic mass is 16.5. The molecule has 4 N–H and O–H groups in total. The molecule has 128 valence electrons. The van der Waals surface area contributed by atoms with Crippen LogP contribution in [0.15, 0.2) is 42.9 Å². The number of nitrogens with one attached hydrogen (secondary N) is 2. The second-order valence-electron chi connectivity index (χ2n) is 6.00. The highest BCUT2D eigenvalue weighted by molar-refractivity contribution is 5.94. The van der Waals surface area contributed by atoms with Gasteiger partial charge in [0.2, 0.25) is 0 Å². The van der Waals surface area contributed by atoms with Crippen molar-refractivity contribution in [3.8, 4) is 0 Å². The SMILES string of the molecule is Nc1c(NCC2CCCO2)ncnc1Nc1cccc2ncccc12. The maximum Gasteiger partial charge on any atom is 0.159 e. The first-order chi connectivity index (χ1) is 12.3. The summed E-state index contributed by atoms with van der Waals surface area (Å²) in [6.07, 6.45) is 5.66. The quantitative estimate of drug-likeness (QED) is 0.659. The van der Waals surface area contributed by atoms with Gasteiger partial charge in [0.15, 0.2) is 11.6 Å². The molecular formula is C18H20N6O. The van der Waals surface area contributed by atoms with Crippen molar-refractivity contribution < 1.29 is 4.74 Å². The lowest BCUT2D eigenvalue weighted by Gasteiger charge is -2.15. The molecule has 7 nitrogen and oxygen atoms in total. The van der Waals surface area contributed by atoms with E-state index in [-0.39, 0.29) is 6.10 Å². The number of pyridine rings is 1. The Kier molecular flexibility index (Phi) is 4.30. The van der Waals surface area contributed by atoms with Crippen LogP contribution in [-0.4, -0.2) is 34.2 Å². The monoisotopic (exact) mass is 336 g/mol. The molecule has 0 bridgehead atoms. The van der Waals surface area contributed by atoms with Crippen molar-refractivity contribution in [1.82, 2.24) is 15.0 Å². The van der Waals surface area contributed by atoms with E-state index in [1.54, 1.807) is 6.20 Å². The lowest BCUT2D eigenvalue weighted by molar-refractivity contribution is 0.120. The fourth-order valence-electron chi connectivity index (χ4n) is 2.99. The van der Waals surface area contributed by atoms with Crippen molar-refractivity contribution in [3.05, 3.63) is 42.9 Å². The number of nitrogens with two attached hydrogens (primary N) is 1. The predicted octanol–water partition coefficient (Wildman–Crippen LogP) is 2.94. The number of anilines is 4. The van der Waals surface area contributed by atoms with Gasteiger partial charge >= 0.3 is 0 Å². The molecule has 1 unspecified atom stereocenters. The Hall–Kier alpha value is -2.93. The molecule has 0 spiro atoms. The maximum atomic E-state index is 6.25. The molecule has 0 radical (unpaired) electrons. The zero-order valence-electron chi connectivity index (χ0n) is 13.8. The van der Waals surface area contributed by atoms with Gasteiger partial charge in [0.05, 0.1) is 11.6 Å². The number of hydrogen-bond acceptors (Lipinski definition) is 7. The van der Waals surface area contributed by atoms with Gasteiger partial charge in [0.25, 0.3) is 0 Å². The van der Waals surface area contributed by atoms with E-state index in [9.17, 15) is 0 Å². The molecule has 1 atom stereocenters. The summed E-state index contributed by atoms with van der Waals surface area (Å²) >= 11 is 0. The predicted molar refractivity (Wildman–Crippen MR) is 98.9 cm³/mol. The van der Waals surface area contributed by atoms with Crippen LogP contribution in [-0.2, 0) is 4.74 Å². The Morgan fingerprint density at radius 1 is 1.12 bits per heavy atom. The van der Waals surface area contributed by atoms with Gasteiger partial charge in [-0.3, -0.25) is 4.98 Å². The number of hydrogen-bond donors (Lipinski definition) is 3. The fourth-order valence-corrected chi connectivity index (χ4v) is 2.99. The first kappa shape index (κ1) is 15.6. The molecule has 1 aliphatic heterocycles. The van der Waals surface area contributed by atoms with Crippen LogP contribution in [0.2, 0.25) is 0 Å². The van der Waals surface area contributed by atoms with Crippen molar-refractivity contribution in [1.29, 1.82) is 0 Å². The van der Waals surface area contributed by atoms with Gasteiger partial charge in [0.1, 0.15) is 12.0 Å². The van der Waals surface area contributed by atoms with Crippen LogP contribution in [0.4, 0.5) is 23.0 Å². The number of ether oxygens (including phenoxy) is 1. The molecule has 1 aromatic carbocycles. The summed E-state index contributed by atoms with van der Waals surface area (Å²) in [5.41, 5.74) is 8.56. The van der Waals surface area contributed by atoms with Crippen molar-refractivity contribution in [2.75, 3.05) is 29.5 Å². The third-order valence-corrected chi connectivity index (χ3v) is 4.30. The first-order valence-corrected chi connectivity index (χ1v) is 8.38. The molecule has 3 heterocycles. The van der Waals surface area contributed by atoms with Gasteiger partial charge < -0.3 is 21.1 Å². The highest BCUT2D eigenvalue weighted by Gasteiger charge is 2.16. The van der Waals surface area contributed by atoms with Gasteiger partial charge in [-0.15, -0.1) is 0 Å². The van der Waals surface area contributed by atoms with E-state index in [0.717, 1.165) is 36.0 Å². The number of nitrogen functional groups attached to an aromatic ring is 1. The smallest absolute Gasteiger partial charge is 0.159 e. The van der Waals surface area contributed by atoms with Crippen molar-refractivity contribution >= 4 is 33.9 Å². The molecule has 1 aliphatic rings. The van der Waals surface area contributed by atoms with Crippen LogP contribution in [0.3, 0.4) is 0 Å². The van der Waals surface area contributed by atoms with Crippen molar-refractivity contribution in [3.63, 3.8) is 0 Å². The average molecular weight is 336 g/mol. The van der Waals surface area contributed by atoms with Crippen LogP contribution in [0, 0.1) is 0 Å². The van der Waals surface area contributed by atoms with Gasteiger partial charge in [-0.25, -0.2) is 9.97 Å². The van der Waals surface area contributed by atoms with Crippen LogP contribution in [0.25, 0.3) is 10.9 Å². The van der Waals surface area contributed by atoms with Gasteiger partial charge in [-0.05, 0) is 37.1 Å². The summed E-state index contributed by atoms with van der Waals surface area (Å²) in [6, 6.07) is 9.82. The summed E-state index contributed by atoms with van der Waals surface area (Å²) < 4.78 is 5.62. The second-order valence-corrected chi connectivity index (χ2v) is 6.00. The molecule has 3 aromatic rings. The average Bonchev–Trinajstić information content (AvgIpc) is 3.16. The summed E-state index contributed by atoms with van der Waals surface area (Å²) in [7, 11) is 0. The Labute approximate surface area is 145 Å². The van der Waals surface area contributed by atoms with E-state index >= 15 is 0 Å². The van der Waals surface area contributed by atoms with E-state index < -0.39 is 0 Å². The molecule has 0 aliphatic carbocycles. The second kappa shape index (κ2) is 6.90. The van der Waals surface area contributed by atoms with Gasteiger partial charge in [0, 0.05) is 30.4 Å². The zero-order valence-corrected chi connectivity index (χ0v) is 13.8. The lowest BCUT2D eigenvalue weighted by atomic mass is 10.2. The van der Waals surface area contributed by atoms with E-state index in [4.69, 9.17) is 10.5 Å². The van der Waals surface area contributed by atoms with E-state index in [0.29, 0.717) is 23.9 Å². The Balaban J connectivity index is 1.56. The standard InChI is InChI=1S/C18H20N6O/c19-16-17(21-10-12-4-3-9-25-12)22-11-23-18(16)24-15-7-1-6-14-13(15)5-2-8-20-14/h1-2,5-8,11-12H,3-4,9-10,19H2,(H2,21,22,23,24). The summed E-state index contributed by atoms with van der Waals surface area (Å²) in [4.78, 5) is 12.9. The van der Waals surface area contributed by atoms with Crippen molar-refractivity contribution in [2.45, 2.75) is 18.9 Å².